The molecule has 0 saturated carbocycles. The quantitative estimate of drug-likeness (QED) is 0.0123. The predicted molar refractivity (Wildman–Crippen MR) is 602 cm³/mol. The monoisotopic (exact) mass is 2170 g/mol. The van der Waals surface area contributed by atoms with E-state index in [1.54, 1.807) is 128 Å². The van der Waals surface area contributed by atoms with Gasteiger partial charge in [-0.1, -0.05) is 97.4 Å². The number of halogens is 6. The van der Waals surface area contributed by atoms with Crippen LogP contribution in [0.5, 0.6) is 46.0 Å². The number of nitrogens with zero attached hydrogens (tertiary/aromatic N) is 20. The summed E-state index contributed by atoms with van der Waals surface area (Å²) in [5, 5.41) is 83.8. The second kappa shape index (κ2) is 53.1. The van der Waals surface area contributed by atoms with Crippen molar-refractivity contribution >= 4 is 90.8 Å². The van der Waals surface area contributed by atoms with Crippen molar-refractivity contribution in [2.24, 2.45) is 0 Å². The Kier molecular flexibility index (Phi) is 49.0. The number of hydrogen-bond donors (Lipinski definition) is 8. The van der Waals surface area contributed by atoms with E-state index in [0.29, 0.717) is 12.1 Å². The lowest BCUT2D eigenvalue weighted by molar-refractivity contribution is -0.557. The summed E-state index contributed by atoms with van der Waals surface area (Å²) >= 11 is -0.694. The zero-order valence-electron chi connectivity index (χ0n) is 92.5. The zero-order valence-corrected chi connectivity index (χ0v) is 97.6. The molecule has 0 saturated heterocycles. The largest absolute Gasteiger partial charge is 0.870 e. The first-order chi connectivity index (χ1) is 64.7. The number of aromatic hydroxyl groups is 8. The molecule has 44 heteroatoms. The Labute approximate surface area is 876 Å². The number of phenolic OH excluding ortho intramolecular Hbond substituents is 8. The number of hydrogen-bond acceptors (Lipinski definition) is 20. The van der Waals surface area contributed by atoms with Crippen LogP contribution in [0, 0.1) is 0 Å². The van der Waals surface area contributed by atoms with Gasteiger partial charge in [0.15, 0.2) is 27.9 Å². The van der Waals surface area contributed by atoms with Crippen molar-refractivity contribution in [3.05, 3.63) is 193 Å². The molecule has 9 rings (SSSR count). The highest BCUT2D eigenvalue weighted by atomic mass is 32.2. The summed E-state index contributed by atoms with van der Waals surface area (Å²) in [4.78, 5) is 0. The lowest BCUT2D eigenvalue weighted by atomic mass is 9.72. The Morgan fingerprint density at radius 3 is 0.753 bits per heavy atom. The van der Waals surface area contributed by atoms with E-state index in [2.05, 4.69) is 162 Å². The minimum atomic E-state index is -5.93. The molecule has 0 amide bonds. The maximum absolute atomic E-state index is 15.8. The van der Waals surface area contributed by atoms with E-state index < -0.39 is 74.0 Å². The van der Waals surface area contributed by atoms with Gasteiger partial charge in [0.1, 0.15) is 84.8 Å². The molecule has 822 valence electrons. The average molecular weight is 2170 g/mol. The number of benzene rings is 9. The van der Waals surface area contributed by atoms with Crippen LogP contribution in [0.15, 0.2) is 182 Å². The average Bonchev–Trinajstić information content (AvgIpc) is 0.697. The van der Waals surface area contributed by atoms with Crippen molar-refractivity contribution in [3.8, 4) is 90.5 Å². The molecule has 0 aromatic heterocycles. The lowest BCUT2D eigenvalue weighted by Gasteiger charge is -2.44. The van der Waals surface area contributed by atoms with Crippen LogP contribution in [0.2, 0.25) is 0 Å². The Bertz CT molecular complexity index is 5740. The van der Waals surface area contributed by atoms with Crippen LogP contribution >= 0.6 is 22.5 Å². The summed E-state index contributed by atoms with van der Waals surface area (Å²) in [6, 6.07) is 49.6. The topological polar surface area (TPSA) is 346 Å². The predicted octanol–water partition coefficient (Wildman–Crippen LogP) is 20.2. The summed E-state index contributed by atoms with van der Waals surface area (Å²) < 4.78 is 135. The lowest BCUT2D eigenvalue weighted by Crippen LogP contribution is -2.55. The molecule has 146 heavy (non-hydrogen) atoms. The fraction of sp³-hybridized carbons (Fsp3) is 0.471. The van der Waals surface area contributed by atoms with Gasteiger partial charge in [0.05, 0.1) is 43.9 Å². The maximum atomic E-state index is 15.8. The normalized spacial score (nSPS) is 12.5. The molecule has 12 N–H and O–H groups in total. The summed E-state index contributed by atoms with van der Waals surface area (Å²) in [5.74, 6) is 0.464. The van der Waals surface area contributed by atoms with Crippen LogP contribution in [0.4, 0.5) is 60.5 Å². The summed E-state index contributed by atoms with van der Waals surface area (Å²) in [6.07, 6.45) is -9.75. The second-order valence-electron chi connectivity index (χ2n) is 39.5. The van der Waals surface area contributed by atoms with Gasteiger partial charge in [-0.15, -0.1) is 4.31 Å². The molecule has 1 atom stereocenters. The van der Waals surface area contributed by atoms with Gasteiger partial charge in [0, 0.05) is 97.2 Å². The SMILES string of the molecule is C.CN(C)P(N(C)C)(N(C)c1cc(-c2ccc(O)cc2)ccc1O)=[N+](C)C(C)(C)C.CN(C)P(N(C)C)(N(C)c1cc(C(c2ccc(O)c(N(C)P(N(C)C)(N(C)C)=[N+](C)C(C)(C)C)c2)(C(F)(F)F)C(F)(F)F)ccc1O)=[N+](C)C(C)(C)C.CN(C)[S+](C)N(C)c1cc(-c2ccc(O)c(N(C)[S+](N(C)C)N(C)C)c2)ccc1O.CN(C)[S+](N(C)C)N(C)c1ccc(-c2cc(-c3ccc(O)cc3)ccc2O)cc1.[OH-].[OH-].[OH-].[OH-]. The number of alkyl halides is 6. The van der Waals surface area contributed by atoms with Gasteiger partial charge in [-0.25, -0.2) is 41.0 Å². The number of anilines is 6. The van der Waals surface area contributed by atoms with Gasteiger partial charge in [-0.2, -0.15) is 39.3 Å². The van der Waals surface area contributed by atoms with E-state index in [-0.39, 0.29) is 115 Å². The van der Waals surface area contributed by atoms with Crippen molar-refractivity contribution in [3.63, 3.8) is 0 Å². The smallest absolute Gasteiger partial charge is 0.411 e. The van der Waals surface area contributed by atoms with Gasteiger partial charge in [0.25, 0.3) is 22.9 Å². The van der Waals surface area contributed by atoms with Crippen molar-refractivity contribution in [2.75, 3.05) is 252 Å². The van der Waals surface area contributed by atoms with E-state index in [0.717, 1.165) is 91.5 Å². The fourth-order valence-electron chi connectivity index (χ4n) is 17.7. The molecular formula is C102H169F6N20O12P3S3+2. The first-order valence-corrected chi connectivity index (χ1v) is 54.0. The van der Waals surface area contributed by atoms with E-state index >= 15 is 26.3 Å². The molecule has 0 aliphatic rings. The van der Waals surface area contributed by atoms with E-state index in [1.165, 1.54) is 0 Å². The van der Waals surface area contributed by atoms with Crippen molar-refractivity contribution in [1.82, 2.24) is 49.5 Å². The minimum Gasteiger partial charge on any atom is -0.870 e. The van der Waals surface area contributed by atoms with Gasteiger partial charge in [-0.3, -0.25) is 14.0 Å². The summed E-state index contributed by atoms with van der Waals surface area (Å²) in [5.41, 5.74) is 2.62. The molecule has 0 radical (unpaired) electrons. The molecule has 0 fully saturated rings. The van der Waals surface area contributed by atoms with Crippen molar-refractivity contribution in [2.45, 2.75) is 104 Å². The molecule has 0 aliphatic heterocycles. The Morgan fingerprint density at radius 2 is 0.486 bits per heavy atom. The third-order valence-corrected chi connectivity index (χ3v) is 44.6. The zero-order chi connectivity index (χ0) is 108. The van der Waals surface area contributed by atoms with Crippen molar-refractivity contribution < 1.29 is 102 Å². The molecule has 9 aromatic rings. The standard InChI is InChI=1S/C35H60F6N8O2P2.C23H27N3O2S.C22H35N4O2P.C21H33N5O2S2.CH4.4H2O/c1-31(2,3)48(17)52(42(7)8,43(9)10)46(15)27-23-25(19-21-29(27)50)33(34(36,37)38,35(39,40)41)26-20-22-30(51)28(24-26)47(16)53(44(11)12,45(13)14)49(18)32(4,5)6;1-24(2)29(25(3)4)26(5)20-11-6-18(7-12-20)22-16-19(10-15-23(22)28)17-8-13-21(27)14-9-17;1-22(2,3)26(9)29(23(4)5,24(6)7)25(8)20-16-18(12-15-21(20)28)17-10-13-19(27)14-11-17;1-22(2)29(9)25(7)18-14-16(10-12-20(18)27)17-11-13-21(28)19(15-17)26(8)30(23(3)4)24(5)6;;;;;/h19-24H,1-18H3;6-16H,1-5H3,(H-,27,28);10-16H,1-9H3,(H-,27,28);10-15H,1-9H3;1H4;4*1H2/p+2. The van der Waals surface area contributed by atoms with E-state index in [4.69, 9.17) is 0 Å². The van der Waals surface area contributed by atoms with Gasteiger partial charge < -0.3 is 62.8 Å². The third-order valence-electron chi connectivity index (χ3n) is 24.9. The summed E-state index contributed by atoms with van der Waals surface area (Å²) in [7, 11) is 51.9. The first kappa shape index (κ1) is 135. The van der Waals surface area contributed by atoms with Gasteiger partial charge in [0.2, 0.25) is 5.41 Å². The van der Waals surface area contributed by atoms with Crippen LogP contribution in [0.1, 0.15) is 80.9 Å². The van der Waals surface area contributed by atoms with Crippen LogP contribution < -0.4 is 26.9 Å². The van der Waals surface area contributed by atoms with Crippen LogP contribution in [-0.4, -0.2) is 379 Å². The van der Waals surface area contributed by atoms with Crippen molar-refractivity contribution in [1.29, 1.82) is 0 Å². The minimum absolute atomic E-state index is 0. The third kappa shape index (κ3) is 28.6. The molecule has 0 bridgehead atoms. The number of rotatable bonds is 29. The molecule has 0 heterocycles. The number of phenols is 8. The van der Waals surface area contributed by atoms with E-state index in [9.17, 15) is 40.9 Å². The molecular weight excluding hydrogens is 2000 g/mol. The van der Waals surface area contributed by atoms with Crippen LogP contribution in [0.3, 0.4) is 0 Å². The Morgan fingerprint density at radius 1 is 0.260 bits per heavy atom. The molecule has 0 aliphatic carbocycles. The van der Waals surface area contributed by atoms with Gasteiger partial charge >= 0.3 is 34.9 Å². The highest BCUT2D eigenvalue weighted by Gasteiger charge is 2.73. The second-order valence-corrected chi connectivity index (χ2v) is 58.3. The molecule has 9 aromatic carbocycles. The van der Waals surface area contributed by atoms with Gasteiger partial charge in [-0.05, 0) is 306 Å². The fourth-order valence-corrected chi connectivity index (χ4v) is 36.1. The highest BCUT2D eigenvalue weighted by Crippen LogP contribution is 2.65. The Balaban J connectivity index is 0.000001000. The molecule has 32 nitrogen and oxygen atoms in total. The summed E-state index contributed by atoms with van der Waals surface area (Å²) in [6.45, 7) is 18.3. The van der Waals surface area contributed by atoms with Crippen LogP contribution in [-0.2, 0) is 39.6 Å². The Hall–Kier alpha value is -9.10. The molecule has 0 spiro atoms. The first-order valence-electron chi connectivity index (χ1n) is 45.5. The highest BCUT2D eigenvalue weighted by molar-refractivity contribution is 7.95. The van der Waals surface area contributed by atoms with E-state index in [1.807, 2.05) is 231 Å². The van der Waals surface area contributed by atoms with Crippen LogP contribution in [0.25, 0.3) is 44.5 Å². The maximum Gasteiger partial charge on any atom is 0.411 e. The molecule has 1 unspecified atom stereocenters.